The fourth-order valence-corrected chi connectivity index (χ4v) is 1.68. The molecule has 0 saturated heterocycles. The van der Waals surface area contributed by atoms with Crippen molar-refractivity contribution in [3.05, 3.63) is 28.0 Å². The molecule has 0 amide bonds. The average molecular weight is 271 g/mol. The minimum Gasteiger partial charge on any atom is -0.330 e. The van der Waals surface area contributed by atoms with Crippen LogP contribution in [0.1, 0.15) is 24.4 Å². The van der Waals surface area contributed by atoms with Gasteiger partial charge < -0.3 is 11.5 Å². The van der Waals surface area contributed by atoms with E-state index in [1.165, 1.54) is 0 Å². The molecule has 0 aliphatic carbocycles. The van der Waals surface area contributed by atoms with Crippen LogP contribution < -0.4 is 11.5 Å². The third-order valence-corrected chi connectivity index (χ3v) is 2.48. The van der Waals surface area contributed by atoms with E-state index in [-0.39, 0.29) is 18.4 Å². The Morgan fingerprint density at radius 1 is 1.33 bits per heavy atom. The minimum absolute atomic E-state index is 0. The lowest BCUT2D eigenvalue weighted by Gasteiger charge is -2.12. The van der Waals surface area contributed by atoms with Gasteiger partial charge in [0.05, 0.1) is 0 Å². The highest BCUT2D eigenvalue weighted by molar-refractivity contribution is 6.32. The van der Waals surface area contributed by atoms with E-state index in [9.17, 15) is 0 Å². The molecule has 4 N–H and O–H groups in total. The van der Waals surface area contributed by atoms with E-state index in [1.807, 2.05) is 0 Å². The van der Waals surface area contributed by atoms with Crippen LogP contribution in [-0.2, 0) is 0 Å². The molecule has 0 aliphatic heterocycles. The van der Waals surface area contributed by atoms with Crippen molar-refractivity contribution in [2.24, 2.45) is 11.5 Å². The number of halogens is 3. The van der Waals surface area contributed by atoms with E-state index in [4.69, 9.17) is 34.7 Å². The van der Waals surface area contributed by atoms with Crippen molar-refractivity contribution in [3.63, 3.8) is 0 Å². The maximum Gasteiger partial charge on any atom is 0.135 e. The summed E-state index contributed by atoms with van der Waals surface area (Å²) in [6, 6.07) is 3.38. The number of nitrogens with two attached hydrogens (primary N) is 2. The Kier molecular flexibility index (Phi) is 7.22. The molecule has 0 saturated carbocycles. The monoisotopic (exact) mass is 269 g/mol. The summed E-state index contributed by atoms with van der Waals surface area (Å²) in [7, 11) is 0. The summed E-state index contributed by atoms with van der Waals surface area (Å²) in [5.41, 5.74) is 12.1. The van der Waals surface area contributed by atoms with E-state index >= 15 is 0 Å². The van der Waals surface area contributed by atoms with Crippen molar-refractivity contribution in [2.45, 2.75) is 18.9 Å². The first-order chi connectivity index (χ1) is 6.65. The molecular weight excluding hydrogens is 256 g/mol. The lowest BCUT2D eigenvalue weighted by atomic mass is 10.1. The van der Waals surface area contributed by atoms with E-state index in [2.05, 4.69) is 4.98 Å². The number of nitrogens with zero attached hydrogens (tertiary/aromatic N) is 1. The number of aromatic nitrogens is 1. The Hall–Kier alpha value is -0.0600. The van der Waals surface area contributed by atoms with Crippen molar-refractivity contribution in [1.29, 1.82) is 0 Å². The molecule has 0 fully saturated rings. The number of hydrogen-bond donors (Lipinski definition) is 2. The summed E-state index contributed by atoms with van der Waals surface area (Å²) < 4.78 is 0. The van der Waals surface area contributed by atoms with Crippen molar-refractivity contribution in [1.82, 2.24) is 4.98 Å². The topological polar surface area (TPSA) is 64.9 Å². The van der Waals surface area contributed by atoms with Crippen LogP contribution in [0.5, 0.6) is 0 Å². The fraction of sp³-hybridized carbons (Fsp3) is 0.444. The summed E-state index contributed by atoms with van der Waals surface area (Å²) in [6.07, 6.45) is 1.68. The Morgan fingerprint density at radius 3 is 2.53 bits per heavy atom. The zero-order chi connectivity index (χ0) is 10.6. The second kappa shape index (κ2) is 7.25. The zero-order valence-corrected chi connectivity index (χ0v) is 10.4. The molecule has 1 rings (SSSR count). The van der Waals surface area contributed by atoms with Gasteiger partial charge in [0, 0.05) is 11.6 Å². The van der Waals surface area contributed by atoms with Gasteiger partial charge in [-0.2, -0.15) is 0 Å². The number of hydrogen-bond acceptors (Lipinski definition) is 3. The predicted molar refractivity (Wildman–Crippen MR) is 66.7 cm³/mol. The predicted octanol–water partition coefficient (Wildman–Crippen LogP) is 2.55. The quantitative estimate of drug-likeness (QED) is 0.827. The van der Waals surface area contributed by atoms with Gasteiger partial charge in [-0.3, -0.25) is 0 Å². The standard InChI is InChI=1S/C9H13Cl2N3.ClH/c10-8-4-3-6(9(11)14-8)7(13)2-1-5-12;/h3-4,7H,1-2,5,12-13H2;1H/t7-;/m1./s1. The lowest BCUT2D eigenvalue weighted by molar-refractivity contribution is 0.616. The molecule has 0 unspecified atom stereocenters. The van der Waals surface area contributed by atoms with Crippen molar-refractivity contribution in [3.8, 4) is 0 Å². The van der Waals surface area contributed by atoms with Gasteiger partial charge in [0.15, 0.2) is 0 Å². The van der Waals surface area contributed by atoms with Crippen molar-refractivity contribution in [2.75, 3.05) is 6.54 Å². The van der Waals surface area contributed by atoms with Crippen LogP contribution in [0.15, 0.2) is 12.1 Å². The van der Waals surface area contributed by atoms with Crippen LogP contribution in [0.3, 0.4) is 0 Å². The van der Waals surface area contributed by atoms with E-state index in [0.29, 0.717) is 16.9 Å². The summed E-state index contributed by atoms with van der Waals surface area (Å²) in [5.74, 6) is 0. The first-order valence-corrected chi connectivity index (χ1v) is 5.18. The highest BCUT2D eigenvalue weighted by atomic mass is 35.5. The lowest BCUT2D eigenvalue weighted by Crippen LogP contribution is -2.13. The van der Waals surface area contributed by atoms with Gasteiger partial charge in [-0.15, -0.1) is 12.4 Å². The smallest absolute Gasteiger partial charge is 0.135 e. The van der Waals surface area contributed by atoms with Gasteiger partial charge >= 0.3 is 0 Å². The molecule has 0 aliphatic rings. The molecule has 0 bridgehead atoms. The van der Waals surface area contributed by atoms with Crippen LogP contribution in [0.25, 0.3) is 0 Å². The Balaban J connectivity index is 0.00000196. The third-order valence-electron chi connectivity index (χ3n) is 1.96. The van der Waals surface area contributed by atoms with Gasteiger partial charge in [-0.1, -0.05) is 29.3 Å². The molecule has 3 nitrogen and oxygen atoms in total. The molecule has 1 atom stereocenters. The van der Waals surface area contributed by atoms with Crippen LogP contribution in [-0.4, -0.2) is 11.5 Å². The Labute approximate surface area is 106 Å². The van der Waals surface area contributed by atoms with Gasteiger partial charge in [0.1, 0.15) is 10.3 Å². The maximum atomic E-state index is 5.91. The molecule has 1 aromatic rings. The second-order valence-corrected chi connectivity index (χ2v) is 3.80. The number of rotatable bonds is 4. The Bertz CT molecular complexity index is 307. The summed E-state index contributed by atoms with van der Waals surface area (Å²) >= 11 is 11.6. The van der Waals surface area contributed by atoms with E-state index in [1.54, 1.807) is 12.1 Å². The molecule has 1 heterocycles. The van der Waals surface area contributed by atoms with Crippen LogP contribution >= 0.6 is 35.6 Å². The molecule has 0 aromatic carbocycles. The summed E-state index contributed by atoms with van der Waals surface area (Å²) in [4.78, 5) is 3.92. The minimum atomic E-state index is -0.115. The number of pyridine rings is 1. The average Bonchev–Trinajstić information content (AvgIpc) is 2.14. The van der Waals surface area contributed by atoms with Crippen molar-refractivity contribution >= 4 is 35.6 Å². The maximum absolute atomic E-state index is 5.91. The molecule has 86 valence electrons. The van der Waals surface area contributed by atoms with E-state index in [0.717, 1.165) is 18.4 Å². The van der Waals surface area contributed by atoms with Crippen LogP contribution in [0, 0.1) is 0 Å². The Morgan fingerprint density at radius 2 is 2.00 bits per heavy atom. The molecular formula is C9H14Cl3N3. The molecule has 0 radical (unpaired) electrons. The van der Waals surface area contributed by atoms with Gasteiger partial charge in [-0.05, 0) is 25.5 Å². The molecule has 1 aromatic heterocycles. The second-order valence-electron chi connectivity index (χ2n) is 3.05. The summed E-state index contributed by atoms with van der Waals surface area (Å²) in [6.45, 7) is 0.631. The third kappa shape index (κ3) is 4.53. The summed E-state index contributed by atoms with van der Waals surface area (Å²) in [5, 5.41) is 0.756. The van der Waals surface area contributed by atoms with Crippen LogP contribution in [0.2, 0.25) is 10.3 Å². The zero-order valence-electron chi connectivity index (χ0n) is 8.12. The highest BCUT2D eigenvalue weighted by Gasteiger charge is 2.10. The molecule has 0 spiro atoms. The molecule has 15 heavy (non-hydrogen) atoms. The van der Waals surface area contributed by atoms with Crippen molar-refractivity contribution < 1.29 is 0 Å². The first-order valence-electron chi connectivity index (χ1n) is 4.42. The van der Waals surface area contributed by atoms with Gasteiger partial charge in [0.25, 0.3) is 0 Å². The van der Waals surface area contributed by atoms with Crippen LogP contribution in [0.4, 0.5) is 0 Å². The normalized spacial score (nSPS) is 12.0. The molecule has 6 heteroatoms. The fourth-order valence-electron chi connectivity index (χ4n) is 1.19. The first kappa shape index (κ1) is 14.9. The largest absolute Gasteiger partial charge is 0.330 e. The van der Waals surface area contributed by atoms with E-state index < -0.39 is 0 Å². The van der Waals surface area contributed by atoms with Gasteiger partial charge in [0.2, 0.25) is 0 Å². The van der Waals surface area contributed by atoms with Gasteiger partial charge in [-0.25, -0.2) is 4.98 Å². The highest BCUT2D eigenvalue weighted by Crippen LogP contribution is 2.24. The SMILES string of the molecule is Cl.NCCC[C@@H](N)c1ccc(Cl)nc1Cl.